The summed E-state index contributed by atoms with van der Waals surface area (Å²) in [6.07, 6.45) is 0. The number of aliphatic hydroxyl groups excluding tert-OH is 1. The van der Waals surface area contributed by atoms with Crippen molar-refractivity contribution in [3.63, 3.8) is 0 Å². The third-order valence-corrected chi connectivity index (χ3v) is 4.63. The molecule has 0 amide bonds. The average Bonchev–Trinajstić information content (AvgIpc) is 2.43. The molecule has 8 heteroatoms. The second-order valence-corrected chi connectivity index (χ2v) is 5.96. The van der Waals surface area contributed by atoms with E-state index in [9.17, 15) is 8.42 Å². The minimum atomic E-state index is -3.73. The van der Waals surface area contributed by atoms with Crippen molar-refractivity contribution < 1.29 is 23.0 Å². The summed E-state index contributed by atoms with van der Waals surface area (Å²) in [6, 6.07) is 4.25. The van der Waals surface area contributed by atoms with E-state index in [1.54, 1.807) is 0 Å². The Bertz CT molecular complexity index is 533. The molecule has 0 aliphatic carbocycles. The predicted molar refractivity (Wildman–Crippen MR) is 75.1 cm³/mol. The van der Waals surface area contributed by atoms with Gasteiger partial charge in [-0.1, -0.05) is 0 Å². The van der Waals surface area contributed by atoms with Gasteiger partial charge < -0.3 is 20.3 Å². The molecular weight excluding hydrogens is 284 g/mol. The van der Waals surface area contributed by atoms with E-state index >= 15 is 0 Å². The van der Waals surface area contributed by atoms with Gasteiger partial charge in [0.15, 0.2) is 0 Å². The van der Waals surface area contributed by atoms with Crippen molar-refractivity contribution >= 4 is 15.7 Å². The fourth-order valence-corrected chi connectivity index (χ4v) is 3.13. The number of rotatable bonds is 8. The van der Waals surface area contributed by atoms with E-state index in [1.165, 1.54) is 32.4 Å². The van der Waals surface area contributed by atoms with E-state index in [2.05, 4.69) is 0 Å². The van der Waals surface area contributed by atoms with Gasteiger partial charge in [-0.05, 0) is 18.2 Å². The Labute approximate surface area is 119 Å². The van der Waals surface area contributed by atoms with Crippen LogP contribution < -0.4 is 10.5 Å². The van der Waals surface area contributed by atoms with Crippen LogP contribution in [0.4, 0.5) is 5.69 Å². The van der Waals surface area contributed by atoms with Crippen molar-refractivity contribution in [3.8, 4) is 5.75 Å². The van der Waals surface area contributed by atoms with Gasteiger partial charge in [0.05, 0.1) is 30.9 Å². The molecular formula is C12H20N2O5S. The molecule has 1 aromatic carbocycles. The van der Waals surface area contributed by atoms with Crippen LogP contribution in [0.15, 0.2) is 23.1 Å². The largest absolute Gasteiger partial charge is 0.495 e. The number of benzene rings is 1. The third kappa shape index (κ3) is 3.83. The number of hydrogen-bond acceptors (Lipinski definition) is 6. The van der Waals surface area contributed by atoms with Crippen molar-refractivity contribution in [1.82, 2.24) is 4.31 Å². The highest BCUT2D eigenvalue weighted by Gasteiger charge is 2.24. The lowest BCUT2D eigenvalue weighted by atomic mass is 10.3. The first-order valence-electron chi connectivity index (χ1n) is 6.00. The maximum absolute atomic E-state index is 12.4. The number of ether oxygens (including phenoxy) is 2. The molecule has 0 atom stereocenters. The summed E-state index contributed by atoms with van der Waals surface area (Å²) in [5.74, 6) is 0.412. The number of nitrogens with two attached hydrogens (primary N) is 1. The quantitative estimate of drug-likeness (QED) is 0.651. The molecule has 114 valence electrons. The van der Waals surface area contributed by atoms with Gasteiger partial charge in [0.25, 0.3) is 0 Å². The number of hydrogen-bond donors (Lipinski definition) is 2. The van der Waals surface area contributed by atoms with Crippen LogP contribution in [0.25, 0.3) is 0 Å². The van der Waals surface area contributed by atoms with E-state index < -0.39 is 10.0 Å². The molecule has 0 unspecified atom stereocenters. The van der Waals surface area contributed by atoms with Gasteiger partial charge in [-0.25, -0.2) is 8.42 Å². The standard InChI is InChI=1S/C12H20N2O5S/c1-18-8-6-14(5-7-15)20(16,17)10-3-4-12(19-2)11(13)9-10/h3-4,9,15H,5-8,13H2,1-2H3. The van der Waals surface area contributed by atoms with Crippen molar-refractivity contribution in [1.29, 1.82) is 0 Å². The number of sulfonamides is 1. The maximum atomic E-state index is 12.4. The van der Waals surface area contributed by atoms with Crippen LogP contribution >= 0.6 is 0 Å². The summed E-state index contributed by atoms with van der Waals surface area (Å²) >= 11 is 0. The molecule has 0 spiro atoms. The second kappa shape index (κ2) is 7.44. The van der Waals surface area contributed by atoms with Gasteiger partial charge >= 0.3 is 0 Å². The number of aliphatic hydroxyl groups is 1. The van der Waals surface area contributed by atoms with E-state index in [0.717, 1.165) is 4.31 Å². The Kier molecular flexibility index (Phi) is 6.21. The van der Waals surface area contributed by atoms with Crippen molar-refractivity contribution in [2.24, 2.45) is 0 Å². The number of anilines is 1. The molecule has 1 aromatic rings. The first-order chi connectivity index (χ1) is 9.47. The fourth-order valence-electron chi connectivity index (χ4n) is 1.68. The monoisotopic (exact) mass is 304 g/mol. The van der Waals surface area contributed by atoms with Crippen LogP contribution in [-0.2, 0) is 14.8 Å². The van der Waals surface area contributed by atoms with Gasteiger partial charge in [0, 0.05) is 20.2 Å². The molecule has 0 saturated carbocycles. The lowest BCUT2D eigenvalue weighted by molar-refractivity contribution is 0.168. The average molecular weight is 304 g/mol. The second-order valence-electron chi connectivity index (χ2n) is 4.02. The summed E-state index contributed by atoms with van der Waals surface area (Å²) in [7, 11) is -0.789. The molecule has 0 saturated heterocycles. The lowest BCUT2D eigenvalue weighted by Crippen LogP contribution is -2.36. The Balaban J connectivity index is 3.08. The minimum Gasteiger partial charge on any atom is -0.495 e. The molecule has 7 nitrogen and oxygen atoms in total. The van der Waals surface area contributed by atoms with Crippen LogP contribution in [0, 0.1) is 0 Å². The van der Waals surface area contributed by atoms with Crippen molar-refractivity contribution in [2.75, 3.05) is 46.3 Å². The number of nitrogen functional groups attached to an aromatic ring is 1. The molecule has 0 aliphatic heterocycles. The molecule has 0 radical (unpaired) electrons. The molecule has 0 aromatic heterocycles. The zero-order chi connectivity index (χ0) is 15.2. The van der Waals surface area contributed by atoms with Crippen molar-refractivity contribution in [3.05, 3.63) is 18.2 Å². The zero-order valence-corrected chi connectivity index (χ0v) is 12.4. The molecule has 0 bridgehead atoms. The first kappa shape index (κ1) is 16.7. The Morgan fingerprint density at radius 1 is 1.30 bits per heavy atom. The fraction of sp³-hybridized carbons (Fsp3) is 0.500. The first-order valence-corrected chi connectivity index (χ1v) is 7.44. The predicted octanol–water partition coefficient (Wildman–Crippen LogP) is -0.0932. The summed E-state index contributed by atoms with van der Waals surface area (Å²) in [5.41, 5.74) is 5.96. The third-order valence-electron chi connectivity index (χ3n) is 2.73. The van der Waals surface area contributed by atoms with Gasteiger partial charge in [-0.2, -0.15) is 4.31 Å². The van der Waals surface area contributed by atoms with Crippen LogP contribution in [0.5, 0.6) is 5.75 Å². The SMILES string of the molecule is COCCN(CCO)S(=O)(=O)c1ccc(OC)c(N)c1. The minimum absolute atomic E-state index is 0.00235. The molecule has 0 aliphatic rings. The maximum Gasteiger partial charge on any atom is 0.243 e. The van der Waals surface area contributed by atoms with E-state index in [1.807, 2.05) is 0 Å². The number of methoxy groups -OCH3 is 2. The summed E-state index contributed by atoms with van der Waals surface area (Å²) in [5, 5.41) is 8.99. The van der Waals surface area contributed by atoms with Gasteiger partial charge in [0.1, 0.15) is 5.75 Å². The normalized spacial score (nSPS) is 11.8. The Morgan fingerprint density at radius 2 is 2.00 bits per heavy atom. The molecule has 0 fully saturated rings. The van der Waals surface area contributed by atoms with E-state index in [-0.39, 0.29) is 36.9 Å². The highest BCUT2D eigenvalue weighted by atomic mass is 32.2. The lowest BCUT2D eigenvalue weighted by Gasteiger charge is -2.21. The molecule has 0 heterocycles. The van der Waals surface area contributed by atoms with Crippen LogP contribution in [-0.4, -0.2) is 58.4 Å². The highest BCUT2D eigenvalue weighted by molar-refractivity contribution is 7.89. The Morgan fingerprint density at radius 3 is 2.50 bits per heavy atom. The van der Waals surface area contributed by atoms with Crippen molar-refractivity contribution in [2.45, 2.75) is 4.90 Å². The van der Waals surface area contributed by atoms with Gasteiger partial charge in [-0.15, -0.1) is 0 Å². The van der Waals surface area contributed by atoms with Crippen LogP contribution in [0.1, 0.15) is 0 Å². The summed E-state index contributed by atoms with van der Waals surface area (Å²) in [6.45, 7) is 0.127. The highest BCUT2D eigenvalue weighted by Crippen LogP contribution is 2.26. The van der Waals surface area contributed by atoms with Gasteiger partial charge in [0.2, 0.25) is 10.0 Å². The summed E-state index contributed by atoms with van der Waals surface area (Å²) in [4.78, 5) is 0.0559. The van der Waals surface area contributed by atoms with Gasteiger partial charge in [-0.3, -0.25) is 0 Å². The van der Waals surface area contributed by atoms with Crippen LogP contribution in [0.3, 0.4) is 0 Å². The Hall–Kier alpha value is -1.35. The zero-order valence-electron chi connectivity index (χ0n) is 11.6. The van der Waals surface area contributed by atoms with E-state index in [4.69, 9.17) is 20.3 Å². The molecule has 3 N–H and O–H groups in total. The number of nitrogens with zero attached hydrogens (tertiary/aromatic N) is 1. The van der Waals surface area contributed by atoms with E-state index in [0.29, 0.717) is 5.75 Å². The summed E-state index contributed by atoms with van der Waals surface area (Å²) < 4.78 is 35.9. The molecule has 20 heavy (non-hydrogen) atoms. The molecule has 1 rings (SSSR count). The topological polar surface area (TPSA) is 102 Å². The smallest absolute Gasteiger partial charge is 0.243 e. The van der Waals surface area contributed by atoms with Crippen LogP contribution in [0.2, 0.25) is 0 Å².